The zero-order chi connectivity index (χ0) is 13.5. The van der Waals surface area contributed by atoms with Gasteiger partial charge in [0.2, 0.25) is 0 Å². The lowest BCUT2D eigenvalue weighted by Crippen LogP contribution is -2.15. The predicted octanol–water partition coefficient (Wildman–Crippen LogP) is 2.87. The molecule has 0 fully saturated rings. The smallest absolute Gasteiger partial charge is 0.344 e. The van der Waals surface area contributed by atoms with E-state index in [9.17, 15) is 4.79 Å². The van der Waals surface area contributed by atoms with Gasteiger partial charge in [-0.3, -0.25) is 0 Å². The van der Waals surface area contributed by atoms with Crippen molar-refractivity contribution in [3.8, 4) is 5.75 Å². The lowest BCUT2D eigenvalue weighted by atomic mass is 10.1. The Bertz CT molecular complexity index is 400. The number of rotatable bonds is 6. The van der Waals surface area contributed by atoms with E-state index in [1.165, 1.54) is 7.11 Å². The van der Waals surface area contributed by atoms with Crippen LogP contribution in [-0.2, 0) is 4.74 Å². The Morgan fingerprint density at radius 1 is 1.33 bits per heavy atom. The maximum Gasteiger partial charge on any atom is 0.344 e. The van der Waals surface area contributed by atoms with Gasteiger partial charge in [-0.25, -0.2) is 4.79 Å². The Kier molecular flexibility index (Phi) is 5.49. The summed E-state index contributed by atoms with van der Waals surface area (Å²) < 4.78 is 10.4. The van der Waals surface area contributed by atoms with Gasteiger partial charge in [0.1, 0.15) is 11.3 Å². The quantitative estimate of drug-likeness (QED) is 0.623. The highest BCUT2D eigenvalue weighted by molar-refractivity contribution is 5.98. The molecule has 100 valence electrons. The van der Waals surface area contributed by atoms with E-state index >= 15 is 0 Å². The normalized spacial score (nSPS) is 10.4. The average Bonchev–Trinajstić information content (AvgIpc) is 2.39. The molecule has 0 saturated heterocycles. The number of carbonyl (C=O) groups excluding carboxylic acids is 1. The molecule has 0 aliphatic carbocycles. The molecule has 0 radical (unpaired) electrons. The van der Waals surface area contributed by atoms with Crippen molar-refractivity contribution in [1.29, 1.82) is 0 Å². The molecule has 0 heterocycles. The van der Waals surface area contributed by atoms with Gasteiger partial charge in [0.05, 0.1) is 13.7 Å². The number of esters is 1. The second-order valence-electron chi connectivity index (χ2n) is 4.21. The Hall–Kier alpha value is -1.71. The molecule has 18 heavy (non-hydrogen) atoms. The molecule has 1 aromatic rings. The maximum atomic E-state index is 12.0. The number of nitrogen functional groups attached to an aromatic ring is 1. The van der Waals surface area contributed by atoms with Gasteiger partial charge in [-0.15, -0.1) is 0 Å². The fourth-order valence-electron chi connectivity index (χ4n) is 1.73. The summed E-state index contributed by atoms with van der Waals surface area (Å²) >= 11 is 0. The lowest BCUT2D eigenvalue weighted by Gasteiger charge is -2.14. The van der Waals surface area contributed by atoms with E-state index in [1.807, 2.05) is 0 Å². The monoisotopic (exact) mass is 251 g/mol. The molecule has 0 bridgehead atoms. The zero-order valence-corrected chi connectivity index (χ0v) is 11.2. The van der Waals surface area contributed by atoms with Gasteiger partial charge in [-0.1, -0.05) is 32.8 Å². The number of benzene rings is 1. The summed E-state index contributed by atoms with van der Waals surface area (Å²) in [4.78, 5) is 12.0. The van der Waals surface area contributed by atoms with Crippen molar-refractivity contribution < 1.29 is 14.3 Å². The Balaban J connectivity index is 2.78. The molecular formula is C14H21NO3. The predicted molar refractivity (Wildman–Crippen MR) is 71.8 cm³/mol. The summed E-state index contributed by atoms with van der Waals surface area (Å²) in [6.07, 6.45) is 1.98. The van der Waals surface area contributed by atoms with Crippen LogP contribution in [0.2, 0.25) is 0 Å². The van der Waals surface area contributed by atoms with Crippen LogP contribution in [-0.4, -0.2) is 19.7 Å². The third kappa shape index (κ3) is 3.39. The number of nitrogens with two attached hydrogens (primary N) is 1. The molecule has 1 rings (SSSR count). The van der Waals surface area contributed by atoms with Crippen LogP contribution in [0.4, 0.5) is 5.69 Å². The third-order valence-electron chi connectivity index (χ3n) is 3.09. The molecule has 0 saturated carbocycles. The van der Waals surface area contributed by atoms with Gasteiger partial charge in [0.25, 0.3) is 0 Å². The summed E-state index contributed by atoms with van der Waals surface area (Å²) in [5, 5.41) is 0. The van der Waals surface area contributed by atoms with Crippen LogP contribution in [0.25, 0.3) is 0 Å². The zero-order valence-electron chi connectivity index (χ0n) is 11.2. The fraction of sp³-hybridized carbons (Fsp3) is 0.500. The molecule has 4 nitrogen and oxygen atoms in total. The van der Waals surface area contributed by atoms with Crippen LogP contribution in [0, 0.1) is 5.92 Å². The highest BCUT2D eigenvalue weighted by atomic mass is 16.5. The Morgan fingerprint density at radius 3 is 2.56 bits per heavy atom. The van der Waals surface area contributed by atoms with Crippen molar-refractivity contribution >= 4 is 11.7 Å². The minimum Gasteiger partial charge on any atom is -0.496 e. The van der Waals surface area contributed by atoms with Crippen LogP contribution in [0.5, 0.6) is 5.75 Å². The first-order valence-corrected chi connectivity index (χ1v) is 6.23. The molecule has 0 aliphatic heterocycles. The molecule has 4 heteroatoms. The summed E-state index contributed by atoms with van der Waals surface area (Å²) in [7, 11) is 1.51. The number of hydrogen-bond acceptors (Lipinski definition) is 4. The molecule has 0 amide bonds. The largest absolute Gasteiger partial charge is 0.496 e. The number of carbonyl (C=O) groups is 1. The first kappa shape index (κ1) is 14.4. The van der Waals surface area contributed by atoms with E-state index in [2.05, 4.69) is 13.8 Å². The van der Waals surface area contributed by atoms with Crippen LogP contribution >= 0.6 is 0 Å². The number of anilines is 1. The number of ether oxygens (including phenoxy) is 2. The van der Waals surface area contributed by atoms with E-state index < -0.39 is 5.97 Å². The highest BCUT2D eigenvalue weighted by Crippen LogP contribution is 2.25. The van der Waals surface area contributed by atoms with Crippen molar-refractivity contribution in [3.63, 3.8) is 0 Å². The molecule has 2 N–H and O–H groups in total. The first-order valence-electron chi connectivity index (χ1n) is 6.23. The minimum atomic E-state index is -0.420. The van der Waals surface area contributed by atoms with Crippen LogP contribution < -0.4 is 10.5 Å². The molecular weight excluding hydrogens is 230 g/mol. The van der Waals surface area contributed by atoms with Crippen LogP contribution in [0.1, 0.15) is 37.0 Å². The summed E-state index contributed by atoms with van der Waals surface area (Å²) in [6.45, 7) is 4.59. The van der Waals surface area contributed by atoms with E-state index in [-0.39, 0.29) is 0 Å². The SMILES string of the molecule is CCC(CC)COC(=O)c1c(N)cccc1OC. The Labute approximate surface area is 108 Å². The average molecular weight is 251 g/mol. The van der Waals surface area contributed by atoms with Gasteiger partial charge in [-0.05, 0) is 18.1 Å². The molecule has 0 atom stereocenters. The van der Waals surface area contributed by atoms with Crippen molar-refractivity contribution in [2.75, 3.05) is 19.5 Å². The van der Waals surface area contributed by atoms with Crippen molar-refractivity contribution in [1.82, 2.24) is 0 Å². The molecule has 0 spiro atoms. The fourth-order valence-corrected chi connectivity index (χ4v) is 1.73. The van der Waals surface area contributed by atoms with Crippen LogP contribution in [0.3, 0.4) is 0 Å². The summed E-state index contributed by atoms with van der Waals surface area (Å²) in [5.74, 6) is 0.422. The molecule has 0 unspecified atom stereocenters. The molecule has 1 aromatic carbocycles. The van der Waals surface area contributed by atoms with Gasteiger partial charge in [0, 0.05) is 5.69 Å². The Morgan fingerprint density at radius 2 is 2.00 bits per heavy atom. The number of methoxy groups -OCH3 is 1. The molecule has 0 aliphatic rings. The van der Waals surface area contributed by atoms with Crippen molar-refractivity contribution in [2.45, 2.75) is 26.7 Å². The summed E-state index contributed by atoms with van der Waals surface area (Å²) in [6, 6.07) is 5.10. The topological polar surface area (TPSA) is 61.5 Å². The van der Waals surface area contributed by atoms with Gasteiger partial charge in [0.15, 0.2) is 0 Å². The maximum absolute atomic E-state index is 12.0. The first-order chi connectivity index (χ1) is 8.63. The third-order valence-corrected chi connectivity index (χ3v) is 3.09. The van der Waals surface area contributed by atoms with E-state index in [0.717, 1.165) is 12.8 Å². The second kappa shape index (κ2) is 6.89. The van der Waals surface area contributed by atoms with E-state index in [1.54, 1.807) is 18.2 Å². The van der Waals surface area contributed by atoms with E-state index in [0.29, 0.717) is 29.5 Å². The lowest BCUT2D eigenvalue weighted by molar-refractivity contribution is 0.0431. The van der Waals surface area contributed by atoms with Crippen molar-refractivity contribution in [3.05, 3.63) is 23.8 Å². The van der Waals surface area contributed by atoms with Gasteiger partial charge in [-0.2, -0.15) is 0 Å². The van der Waals surface area contributed by atoms with Gasteiger partial charge >= 0.3 is 5.97 Å². The standard InChI is InChI=1S/C14H21NO3/c1-4-10(5-2)9-18-14(16)13-11(15)7-6-8-12(13)17-3/h6-8,10H,4-5,9,15H2,1-3H3. The number of hydrogen-bond donors (Lipinski definition) is 1. The van der Waals surface area contributed by atoms with Crippen LogP contribution in [0.15, 0.2) is 18.2 Å². The second-order valence-corrected chi connectivity index (χ2v) is 4.21. The van der Waals surface area contributed by atoms with E-state index in [4.69, 9.17) is 15.2 Å². The summed E-state index contributed by atoms with van der Waals surface area (Å²) in [5.41, 5.74) is 6.48. The minimum absolute atomic E-state index is 0.311. The highest BCUT2D eigenvalue weighted by Gasteiger charge is 2.18. The van der Waals surface area contributed by atoms with Crippen molar-refractivity contribution in [2.24, 2.45) is 5.92 Å². The molecule has 0 aromatic heterocycles. The van der Waals surface area contributed by atoms with Gasteiger partial charge < -0.3 is 15.2 Å².